The van der Waals surface area contributed by atoms with Crippen LogP contribution in [0.25, 0.3) is 0 Å². The summed E-state index contributed by atoms with van der Waals surface area (Å²) in [6, 6.07) is 0. The Hall–Kier alpha value is 1.36. The molecule has 0 spiro atoms. The Bertz CT molecular complexity index is 1500. The largest absolute Gasteiger partial charge is 0.372 e. The summed E-state index contributed by atoms with van der Waals surface area (Å²) >= 11 is 12.0. The smallest absolute Gasteiger partial charge is 0.117 e. The van der Waals surface area contributed by atoms with Crippen molar-refractivity contribution in [3.8, 4) is 0 Å². The first kappa shape index (κ1) is 39.0. The van der Waals surface area contributed by atoms with Crippen LogP contribution in [0.3, 0.4) is 0 Å². The lowest BCUT2D eigenvalue weighted by molar-refractivity contribution is -0.160. The van der Waals surface area contributed by atoms with E-state index < -0.39 is 0 Å². The fourth-order valence-electron chi connectivity index (χ4n) is 11.3. The lowest BCUT2D eigenvalue weighted by Gasteiger charge is -2.37. The SMILES string of the molecule is CC1S/C(=C2/SC(C3SC(C4SC(C5SC(C6SC(C)C7OCCOC76)C6OCCOC65)C5OCCOC54)C4OCCOC43)C3OCCOC23)C2OCCOC12. The molecule has 312 valence electrons. The Labute approximate surface area is 354 Å². The highest BCUT2D eigenvalue weighted by molar-refractivity contribution is 8.09. The molecule has 0 aromatic heterocycles. The van der Waals surface area contributed by atoms with E-state index in [0.717, 1.165) is 0 Å². The zero-order valence-electron chi connectivity index (χ0n) is 31.5. The van der Waals surface area contributed by atoms with E-state index in [-0.39, 0.29) is 115 Å². The van der Waals surface area contributed by atoms with Crippen molar-refractivity contribution >= 4 is 70.6 Å². The molecular formula is C38H52O12S6. The average molecular weight is 893 g/mol. The van der Waals surface area contributed by atoms with Crippen LogP contribution in [-0.2, 0) is 56.8 Å². The van der Waals surface area contributed by atoms with Gasteiger partial charge in [-0.15, -0.1) is 70.6 Å². The van der Waals surface area contributed by atoms with Gasteiger partial charge in [-0.05, 0) is 0 Å². The predicted molar refractivity (Wildman–Crippen MR) is 219 cm³/mol. The van der Waals surface area contributed by atoms with E-state index in [4.69, 9.17) is 56.8 Å². The van der Waals surface area contributed by atoms with Gasteiger partial charge in [0.25, 0.3) is 0 Å². The van der Waals surface area contributed by atoms with Crippen LogP contribution in [0.5, 0.6) is 0 Å². The van der Waals surface area contributed by atoms with Crippen molar-refractivity contribution in [2.24, 2.45) is 0 Å². The minimum atomic E-state index is -0.107. The zero-order valence-corrected chi connectivity index (χ0v) is 36.4. The molecule has 56 heavy (non-hydrogen) atoms. The van der Waals surface area contributed by atoms with E-state index in [1.54, 1.807) is 0 Å². The molecule has 12 nitrogen and oxygen atoms in total. The van der Waals surface area contributed by atoms with Gasteiger partial charge in [-0.1, -0.05) is 13.8 Å². The number of ether oxygens (including phenoxy) is 12. The molecule has 0 aliphatic carbocycles. The number of thioether (sulfide) groups is 6. The highest BCUT2D eigenvalue weighted by atomic mass is 32.2. The van der Waals surface area contributed by atoms with Crippen molar-refractivity contribution in [3.05, 3.63) is 9.81 Å². The van der Waals surface area contributed by atoms with Crippen LogP contribution in [0.15, 0.2) is 9.81 Å². The van der Waals surface area contributed by atoms with E-state index in [1.165, 1.54) is 9.81 Å². The highest BCUT2D eigenvalue weighted by Crippen LogP contribution is 2.61. The Balaban J connectivity index is 0.829. The van der Waals surface area contributed by atoms with E-state index in [9.17, 15) is 0 Å². The second-order valence-corrected chi connectivity index (χ2v) is 24.9. The van der Waals surface area contributed by atoms with Gasteiger partial charge in [0, 0.05) is 57.1 Å². The Morgan fingerprint density at radius 3 is 1.05 bits per heavy atom. The van der Waals surface area contributed by atoms with Gasteiger partial charge in [0.2, 0.25) is 0 Å². The molecule has 12 aliphatic rings. The van der Waals surface area contributed by atoms with Crippen LogP contribution in [0, 0.1) is 0 Å². The van der Waals surface area contributed by atoms with E-state index >= 15 is 0 Å². The summed E-state index contributed by atoms with van der Waals surface area (Å²) in [7, 11) is 0. The van der Waals surface area contributed by atoms with E-state index in [2.05, 4.69) is 37.4 Å². The number of hydrogen-bond acceptors (Lipinski definition) is 18. The summed E-state index contributed by atoms with van der Waals surface area (Å²) in [5, 5.41) is 2.26. The lowest BCUT2D eigenvalue weighted by atomic mass is 9.93. The minimum absolute atomic E-state index is 0.00950. The van der Waals surface area contributed by atoms with Crippen molar-refractivity contribution < 1.29 is 56.8 Å². The van der Waals surface area contributed by atoms with Gasteiger partial charge < -0.3 is 56.8 Å². The molecule has 0 aromatic carbocycles. The van der Waals surface area contributed by atoms with Gasteiger partial charge in [-0.3, -0.25) is 0 Å². The standard InChI is InChI=1S/C38H52O12S6/c1-15-17-19(41-5-3-39-17)29(51-15)31-21-23(45-9-7-43-21)33(53-31)35-25-27(49-13-11-47-25)37(55-35)38-28-26(48-12-14-50-28)36(56-38)34-24-22(44-8-10-46-24)32(54-34)30-20-18(16(2)52-30)40-4-6-42-20/h15-29,31,33-38H,3-14H2,1-2H3/b32-30+. The molecular weight excluding hydrogens is 841 g/mol. The average Bonchev–Trinajstić information content (AvgIpc) is 4.10. The number of rotatable bonds is 4. The van der Waals surface area contributed by atoms with Crippen molar-refractivity contribution in [1.29, 1.82) is 0 Å². The second kappa shape index (κ2) is 16.2. The van der Waals surface area contributed by atoms with Crippen molar-refractivity contribution in [2.45, 2.75) is 140 Å². The fourth-order valence-corrected chi connectivity index (χ4v) is 22.8. The molecule has 12 saturated heterocycles. The first-order valence-electron chi connectivity index (χ1n) is 20.7. The van der Waals surface area contributed by atoms with Gasteiger partial charge in [-0.25, -0.2) is 0 Å². The molecule has 12 fully saturated rings. The van der Waals surface area contributed by atoms with Gasteiger partial charge >= 0.3 is 0 Å². The van der Waals surface area contributed by atoms with E-state index in [1.807, 2.05) is 47.0 Å². The van der Waals surface area contributed by atoms with Gasteiger partial charge in [0.1, 0.15) is 24.4 Å². The maximum Gasteiger partial charge on any atom is 0.117 e. The molecule has 0 N–H and O–H groups in total. The maximum atomic E-state index is 6.77. The third-order valence-corrected chi connectivity index (χ3v) is 24.1. The molecule has 0 saturated carbocycles. The monoisotopic (exact) mass is 892 g/mol. The highest BCUT2D eigenvalue weighted by Gasteiger charge is 2.66. The van der Waals surface area contributed by atoms with Gasteiger partial charge in [-0.2, -0.15) is 0 Å². The first-order chi connectivity index (χ1) is 27.6. The van der Waals surface area contributed by atoms with Crippen molar-refractivity contribution in [1.82, 2.24) is 0 Å². The topological polar surface area (TPSA) is 111 Å². The summed E-state index contributed by atoms with van der Waals surface area (Å²) < 4.78 is 78.9. The first-order valence-corrected chi connectivity index (χ1v) is 26.2. The van der Waals surface area contributed by atoms with Crippen LogP contribution in [0.4, 0.5) is 0 Å². The third kappa shape index (κ3) is 6.44. The molecule has 0 radical (unpaired) electrons. The normalized spacial score (nSPS) is 58.0. The number of hydrogen-bond donors (Lipinski definition) is 0. The fraction of sp³-hybridized carbons (Fsp3) is 0.947. The molecule has 0 bridgehead atoms. The molecule has 0 aromatic rings. The van der Waals surface area contributed by atoms with Crippen molar-refractivity contribution in [2.75, 3.05) is 79.3 Å². The molecule has 18 heteroatoms. The minimum Gasteiger partial charge on any atom is -0.372 e. The van der Waals surface area contributed by atoms with Crippen LogP contribution < -0.4 is 0 Å². The molecule has 22 atom stereocenters. The summed E-state index contributed by atoms with van der Waals surface area (Å²) in [6.45, 7) is 12.0. The predicted octanol–water partition coefficient (Wildman–Crippen LogP) is 3.11. The number of fused-ring (bicyclic) bond motifs is 6. The quantitative estimate of drug-likeness (QED) is 0.412. The molecule has 12 aliphatic heterocycles. The van der Waals surface area contributed by atoms with Crippen LogP contribution in [0.2, 0.25) is 0 Å². The second-order valence-electron chi connectivity index (χ2n) is 16.6. The summed E-state index contributed by atoms with van der Waals surface area (Å²) in [6.07, 6.45) is -0.124. The summed E-state index contributed by atoms with van der Waals surface area (Å²) in [5.41, 5.74) is 0. The third-order valence-electron chi connectivity index (χ3n) is 13.6. The van der Waals surface area contributed by atoms with Gasteiger partial charge in [0.05, 0.1) is 133 Å². The summed E-state index contributed by atoms with van der Waals surface area (Å²) in [5.74, 6) is 0. The molecule has 22 unspecified atom stereocenters. The van der Waals surface area contributed by atoms with Crippen LogP contribution in [0.1, 0.15) is 13.8 Å². The van der Waals surface area contributed by atoms with Crippen molar-refractivity contribution in [3.63, 3.8) is 0 Å². The Morgan fingerprint density at radius 2 is 0.589 bits per heavy atom. The summed E-state index contributed by atoms with van der Waals surface area (Å²) in [4.78, 5) is 2.55. The Kier molecular flexibility index (Phi) is 11.3. The Morgan fingerprint density at radius 1 is 0.286 bits per heavy atom. The van der Waals surface area contributed by atoms with Crippen LogP contribution in [-0.4, -0.2) is 205 Å². The van der Waals surface area contributed by atoms with E-state index in [0.29, 0.717) is 89.8 Å². The lowest BCUT2D eigenvalue weighted by Crippen LogP contribution is -2.53. The molecule has 0 amide bonds. The maximum absolute atomic E-state index is 6.77. The molecule has 12 heterocycles. The van der Waals surface area contributed by atoms with Gasteiger partial charge in [0.15, 0.2) is 0 Å². The van der Waals surface area contributed by atoms with Crippen LogP contribution >= 0.6 is 70.6 Å². The molecule has 12 rings (SSSR count). The zero-order chi connectivity index (χ0) is 37.1.